The largest absolute Gasteiger partial charge is 0.505 e. The SMILES string of the molecule is Cc1cc(C)cc(CNS(=O)(=O)c2cc(Cl)cc(Cl)c2O)c1. The van der Waals surface area contributed by atoms with E-state index in [0.717, 1.165) is 22.8 Å². The maximum absolute atomic E-state index is 12.3. The van der Waals surface area contributed by atoms with Gasteiger partial charge in [-0.05, 0) is 31.5 Å². The molecule has 0 radical (unpaired) electrons. The van der Waals surface area contributed by atoms with E-state index < -0.39 is 15.8 Å². The van der Waals surface area contributed by atoms with E-state index in [1.807, 2.05) is 32.0 Å². The molecule has 0 saturated heterocycles. The molecule has 0 aliphatic carbocycles. The van der Waals surface area contributed by atoms with Crippen LogP contribution in [0.3, 0.4) is 0 Å². The van der Waals surface area contributed by atoms with Crippen LogP contribution >= 0.6 is 23.2 Å². The summed E-state index contributed by atoms with van der Waals surface area (Å²) < 4.78 is 27.1. The Balaban J connectivity index is 2.29. The van der Waals surface area contributed by atoms with Crippen molar-refractivity contribution >= 4 is 33.2 Å². The number of aromatic hydroxyl groups is 1. The number of aryl methyl sites for hydroxylation is 2. The van der Waals surface area contributed by atoms with Gasteiger partial charge in [-0.15, -0.1) is 0 Å². The lowest BCUT2D eigenvalue weighted by atomic mass is 10.1. The summed E-state index contributed by atoms with van der Waals surface area (Å²) in [4.78, 5) is -0.339. The predicted octanol–water partition coefficient (Wildman–Crippen LogP) is 3.79. The average molecular weight is 360 g/mol. The zero-order valence-electron chi connectivity index (χ0n) is 12.0. The van der Waals surface area contributed by atoms with Crippen molar-refractivity contribution in [1.82, 2.24) is 4.72 Å². The molecule has 7 heteroatoms. The monoisotopic (exact) mass is 359 g/mol. The second-order valence-corrected chi connectivity index (χ2v) is 7.63. The van der Waals surface area contributed by atoms with E-state index in [-0.39, 0.29) is 21.5 Å². The molecule has 2 rings (SSSR count). The first kappa shape index (κ1) is 17.1. The number of nitrogens with one attached hydrogen (secondary N) is 1. The number of benzene rings is 2. The van der Waals surface area contributed by atoms with Gasteiger partial charge >= 0.3 is 0 Å². The molecule has 0 fully saturated rings. The van der Waals surface area contributed by atoms with Gasteiger partial charge < -0.3 is 5.11 Å². The van der Waals surface area contributed by atoms with Crippen LogP contribution < -0.4 is 4.72 Å². The highest BCUT2D eigenvalue weighted by molar-refractivity contribution is 7.89. The number of hydrogen-bond acceptors (Lipinski definition) is 3. The van der Waals surface area contributed by atoms with Crippen LogP contribution in [0.2, 0.25) is 10.0 Å². The molecule has 0 unspecified atom stereocenters. The molecular weight excluding hydrogens is 345 g/mol. The van der Waals surface area contributed by atoms with Gasteiger partial charge in [-0.2, -0.15) is 0 Å². The highest BCUT2D eigenvalue weighted by Crippen LogP contribution is 2.34. The fraction of sp³-hybridized carbons (Fsp3) is 0.200. The smallest absolute Gasteiger partial charge is 0.244 e. The fourth-order valence-corrected chi connectivity index (χ4v) is 3.95. The van der Waals surface area contributed by atoms with Gasteiger partial charge in [0.1, 0.15) is 4.90 Å². The normalized spacial score (nSPS) is 11.6. The minimum Gasteiger partial charge on any atom is -0.505 e. The summed E-state index contributed by atoms with van der Waals surface area (Å²) in [5.41, 5.74) is 2.92. The first-order valence-electron chi connectivity index (χ1n) is 6.44. The highest BCUT2D eigenvalue weighted by atomic mass is 35.5. The Kier molecular flexibility index (Phi) is 5.02. The second-order valence-electron chi connectivity index (χ2n) is 5.05. The minimum absolute atomic E-state index is 0.106. The lowest BCUT2D eigenvalue weighted by Gasteiger charge is -2.11. The van der Waals surface area contributed by atoms with Gasteiger partial charge in [0.05, 0.1) is 5.02 Å². The van der Waals surface area contributed by atoms with Crippen LogP contribution in [0.25, 0.3) is 0 Å². The number of phenolic OH excluding ortho intramolecular Hbond substituents is 1. The van der Waals surface area contributed by atoms with Crippen molar-refractivity contribution in [2.45, 2.75) is 25.3 Å². The topological polar surface area (TPSA) is 66.4 Å². The van der Waals surface area contributed by atoms with Gasteiger partial charge in [0.2, 0.25) is 10.0 Å². The quantitative estimate of drug-likeness (QED) is 0.872. The molecule has 0 aromatic heterocycles. The molecule has 0 aliphatic heterocycles. The van der Waals surface area contributed by atoms with E-state index in [4.69, 9.17) is 23.2 Å². The summed E-state index contributed by atoms with van der Waals surface area (Å²) in [6.07, 6.45) is 0. The van der Waals surface area contributed by atoms with E-state index in [1.165, 1.54) is 6.07 Å². The molecule has 0 aliphatic rings. The van der Waals surface area contributed by atoms with E-state index in [9.17, 15) is 13.5 Å². The second kappa shape index (κ2) is 6.46. The Bertz CT molecular complexity index is 800. The summed E-state index contributed by atoms with van der Waals surface area (Å²) in [6.45, 7) is 3.98. The Morgan fingerprint density at radius 2 is 1.64 bits per heavy atom. The summed E-state index contributed by atoms with van der Waals surface area (Å²) in [5, 5.41) is 9.86. The first-order valence-corrected chi connectivity index (χ1v) is 8.68. The third-order valence-electron chi connectivity index (χ3n) is 3.03. The van der Waals surface area contributed by atoms with Crippen LogP contribution in [0.1, 0.15) is 16.7 Å². The van der Waals surface area contributed by atoms with Crippen molar-refractivity contribution in [2.75, 3.05) is 0 Å². The van der Waals surface area contributed by atoms with Crippen LogP contribution in [0.15, 0.2) is 35.2 Å². The first-order chi connectivity index (χ1) is 10.2. The van der Waals surface area contributed by atoms with Crippen LogP contribution in [-0.4, -0.2) is 13.5 Å². The molecule has 0 atom stereocenters. The Hall–Kier alpha value is -1.27. The maximum Gasteiger partial charge on any atom is 0.244 e. The highest BCUT2D eigenvalue weighted by Gasteiger charge is 2.21. The minimum atomic E-state index is -3.93. The van der Waals surface area contributed by atoms with Crippen LogP contribution in [0.4, 0.5) is 0 Å². The number of sulfonamides is 1. The predicted molar refractivity (Wildman–Crippen MR) is 88.1 cm³/mol. The van der Waals surface area contributed by atoms with Gasteiger partial charge in [0, 0.05) is 11.6 Å². The zero-order chi connectivity index (χ0) is 16.5. The lowest BCUT2D eigenvalue weighted by molar-refractivity contribution is 0.458. The van der Waals surface area contributed by atoms with Gasteiger partial charge in [0.15, 0.2) is 5.75 Å². The number of rotatable bonds is 4. The van der Waals surface area contributed by atoms with Crippen molar-refractivity contribution in [1.29, 1.82) is 0 Å². The molecule has 0 spiro atoms. The lowest BCUT2D eigenvalue weighted by Crippen LogP contribution is -2.23. The maximum atomic E-state index is 12.3. The molecule has 118 valence electrons. The van der Waals surface area contributed by atoms with Crippen molar-refractivity contribution in [2.24, 2.45) is 0 Å². The van der Waals surface area contributed by atoms with Crippen LogP contribution in [-0.2, 0) is 16.6 Å². The third-order valence-corrected chi connectivity index (χ3v) is 4.95. The van der Waals surface area contributed by atoms with Crippen LogP contribution in [0, 0.1) is 13.8 Å². The summed E-state index contributed by atoms with van der Waals surface area (Å²) in [5.74, 6) is -0.515. The zero-order valence-corrected chi connectivity index (χ0v) is 14.4. The average Bonchev–Trinajstić information content (AvgIpc) is 2.39. The summed E-state index contributed by atoms with van der Waals surface area (Å²) in [6, 6.07) is 8.22. The van der Waals surface area contributed by atoms with Gasteiger partial charge in [-0.3, -0.25) is 0 Å². The molecule has 4 nitrogen and oxygen atoms in total. The molecular formula is C15H15Cl2NO3S. The van der Waals surface area contributed by atoms with Crippen LogP contribution in [0.5, 0.6) is 5.75 Å². The molecule has 0 bridgehead atoms. The Morgan fingerprint density at radius 1 is 1.05 bits per heavy atom. The molecule has 2 N–H and O–H groups in total. The van der Waals surface area contributed by atoms with E-state index in [0.29, 0.717) is 0 Å². The third kappa shape index (κ3) is 3.93. The fourth-order valence-electron chi connectivity index (χ4n) is 2.17. The van der Waals surface area contributed by atoms with Crippen molar-refractivity contribution in [3.63, 3.8) is 0 Å². The van der Waals surface area contributed by atoms with E-state index in [2.05, 4.69) is 4.72 Å². The van der Waals surface area contributed by atoms with Crippen molar-refractivity contribution < 1.29 is 13.5 Å². The molecule has 0 heterocycles. The molecule has 2 aromatic rings. The van der Waals surface area contributed by atoms with Gasteiger partial charge in [-0.1, -0.05) is 52.5 Å². The van der Waals surface area contributed by atoms with E-state index >= 15 is 0 Å². The number of halogens is 2. The standard InChI is InChI=1S/C15H15Cl2NO3S/c1-9-3-10(2)5-11(4-9)8-18-22(20,21)14-7-12(16)6-13(17)15(14)19/h3-7,18-19H,8H2,1-2H3. The van der Waals surface area contributed by atoms with Gasteiger partial charge in [0.25, 0.3) is 0 Å². The summed E-state index contributed by atoms with van der Waals surface area (Å²) >= 11 is 11.6. The number of phenols is 1. The van der Waals surface area contributed by atoms with Crippen molar-refractivity contribution in [3.05, 3.63) is 57.1 Å². The van der Waals surface area contributed by atoms with Gasteiger partial charge in [-0.25, -0.2) is 13.1 Å². The Morgan fingerprint density at radius 3 is 2.23 bits per heavy atom. The van der Waals surface area contributed by atoms with E-state index in [1.54, 1.807) is 0 Å². The molecule has 0 amide bonds. The Labute approximate surface area is 139 Å². The summed E-state index contributed by atoms with van der Waals surface area (Å²) in [7, 11) is -3.93. The molecule has 22 heavy (non-hydrogen) atoms. The number of hydrogen-bond donors (Lipinski definition) is 2. The molecule has 0 saturated carbocycles. The molecule has 2 aromatic carbocycles. The van der Waals surface area contributed by atoms with Crippen molar-refractivity contribution in [3.8, 4) is 5.75 Å².